The fraction of sp³-hybridized carbons (Fsp3) is 1.00. The molecule has 0 aliphatic rings. The molecule has 0 saturated heterocycles. The van der Waals surface area contributed by atoms with Crippen molar-refractivity contribution in [2.75, 3.05) is 23.5 Å². The van der Waals surface area contributed by atoms with E-state index in [2.05, 4.69) is 0 Å². The van der Waals surface area contributed by atoms with Crippen molar-refractivity contribution in [3.63, 3.8) is 0 Å². The molecule has 0 heterocycles. The van der Waals surface area contributed by atoms with Crippen LogP contribution >= 0.6 is 0 Å². The third kappa shape index (κ3) is 23.0. The van der Waals surface area contributed by atoms with Gasteiger partial charge >= 0.3 is 0 Å². The summed E-state index contributed by atoms with van der Waals surface area (Å²) in [7, 11) is -5.43. The van der Waals surface area contributed by atoms with Crippen LogP contribution < -0.4 is 0 Å². The van der Waals surface area contributed by atoms with Crippen LogP contribution in [0.2, 0.25) is 0 Å². The summed E-state index contributed by atoms with van der Waals surface area (Å²) in [6.07, 6.45) is 2.84. The van der Waals surface area contributed by atoms with Crippen molar-refractivity contribution < 1.29 is 16.8 Å². The van der Waals surface area contributed by atoms with Gasteiger partial charge < -0.3 is 0 Å². The summed E-state index contributed by atoms with van der Waals surface area (Å²) in [6.45, 7) is 9.79. The molecular weight excluding hydrogens is 296 g/mol. The largest absolute Gasteiger partial charge is 0.229 e. The predicted molar refractivity (Wildman–Crippen MR) is 89.7 cm³/mol. The highest BCUT2D eigenvalue weighted by Crippen LogP contribution is 2.02. The van der Waals surface area contributed by atoms with E-state index in [0.29, 0.717) is 23.3 Å². The van der Waals surface area contributed by atoms with Gasteiger partial charge in [-0.2, -0.15) is 0 Å². The van der Waals surface area contributed by atoms with Gasteiger partial charge in [0.1, 0.15) is 19.7 Å². The van der Waals surface area contributed by atoms with E-state index in [1.807, 2.05) is 27.7 Å². The first kappa shape index (κ1) is 24.9. The third-order valence-electron chi connectivity index (χ3n) is 2.51. The van der Waals surface area contributed by atoms with Gasteiger partial charge in [0.25, 0.3) is 0 Å². The van der Waals surface area contributed by atoms with E-state index in [1.54, 1.807) is 6.92 Å². The predicted octanol–water partition coefficient (Wildman–Crippen LogP) is 3.18. The Balaban J connectivity index is -0.000000277. The molecule has 0 amide bonds. The first-order chi connectivity index (χ1) is 8.39. The van der Waals surface area contributed by atoms with Crippen LogP contribution in [0.15, 0.2) is 0 Å². The summed E-state index contributed by atoms with van der Waals surface area (Å²) in [5, 5.41) is 0. The molecule has 126 valence electrons. The second-order valence-electron chi connectivity index (χ2n) is 5.73. The highest BCUT2D eigenvalue weighted by Gasteiger charge is 2.07. The van der Waals surface area contributed by atoms with E-state index in [0.717, 1.165) is 12.8 Å². The zero-order valence-electron chi connectivity index (χ0n) is 13.1. The van der Waals surface area contributed by atoms with Crippen LogP contribution in [0.1, 0.15) is 54.9 Å². The molecule has 0 fully saturated rings. The summed E-state index contributed by atoms with van der Waals surface area (Å²) in [6, 6.07) is 0. The Morgan fingerprint density at radius 3 is 1.35 bits per heavy atom. The Morgan fingerprint density at radius 2 is 1.15 bits per heavy atom. The van der Waals surface area contributed by atoms with E-state index < -0.39 is 19.7 Å². The van der Waals surface area contributed by atoms with Crippen molar-refractivity contribution >= 4 is 19.7 Å². The van der Waals surface area contributed by atoms with Crippen LogP contribution in [0, 0.1) is 11.8 Å². The molecule has 0 aromatic rings. The van der Waals surface area contributed by atoms with Crippen LogP contribution in [0.5, 0.6) is 0 Å². The van der Waals surface area contributed by atoms with E-state index in [1.165, 1.54) is 6.26 Å². The fourth-order valence-corrected chi connectivity index (χ4v) is 3.03. The quantitative estimate of drug-likeness (QED) is 0.719. The topological polar surface area (TPSA) is 68.3 Å². The second kappa shape index (κ2) is 11.5. The monoisotopic (exact) mass is 330 g/mol. The standard InChI is InChI=1S/C7H16O2S.C6H14O2S.CH4/c1-4-10(8,9)6-5-7(2)3;1-6(2)4-5-9(3,7)8;/h7H,4-6H2,1-3H3;6H,4-5H2,1-3H3;1H4. The molecule has 6 heteroatoms. The zero-order chi connectivity index (χ0) is 15.7. The van der Waals surface area contributed by atoms with Crippen molar-refractivity contribution in [1.29, 1.82) is 0 Å². The van der Waals surface area contributed by atoms with Crippen LogP contribution in [0.25, 0.3) is 0 Å². The van der Waals surface area contributed by atoms with Crippen molar-refractivity contribution in [3.8, 4) is 0 Å². The minimum Gasteiger partial charge on any atom is -0.229 e. The van der Waals surface area contributed by atoms with E-state index in [-0.39, 0.29) is 13.2 Å². The van der Waals surface area contributed by atoms with Crippen molar-refractivity contribution in [2.45, 2.75) is 54.9 Å². The maximum absolute atomic E-state index is 10.9. The van der Waals surface area contributed by atoms with Gasteiger partial charge in [-0.15, -0.1) is 0 Å². The second-order valence-corrected chi connectivity index (χ2v) is 10.5. The molecule has 0 aromatic heterocycles. The molecule has 4 nitrogen and oxygen atoms in total. The molecule has 0 spiro atoms. The fourth-order valence-electron chi connectivity index (χ4n) is 1.01. The Kier molecular flexibility index (Phi) is 14.4. The molecule has 0 aliphatic heterocycles. The van der Waals surface area contributed by atoms with Gasteiger partial charge in [0.2, 0.25) is 0 Å². The summed E-state index contributed by atoms with van der Waals surface area (Å²) in [5.74, 6) is 1.92. The highest BCUT2D eigenvalue weighted by molar-refractivity contribution is 7.91. The van der Waals surface area contributed by atoms with Gasteiger partial charge in [-0.05, 0) is 24.7 Å². The Hall–Kier alpha value is -0.100. The molecule has 0 aromatic carbocycles. The number of sulfone groups is 2. The van der Waals surface area contributed by atoms with Gasteiger partial charge in [0, 0.05) is 12.0 Å². The molecule has 0 bridgehead atoms. The first-order valence-corrected chi connectivity index (χ1v) is 10.7. The lowest BCUT2D eigenvalue weighted by molar-refractivity contribution is 0.574. The molecule has 0 saturated carbocycles. The molecule has 0 atom stereocenters. The van der Waals surface area contributed by atoms with Crippen molar-refractivity contribution in [1.82, 2.24) is 0 Å². The lowest BCUT2D eigenvalue weighted by Crippen LogP contribution is -2.10. The van der Waals surface area contributed by atoms with Crippen LogP contribution in [-0.4, -0.2) is 40.3 Å². The average Bonchev–Trinajstić information content (AvgIpc) is 2.24. The normalized spacial score (nSPS) is 11.8. The summed E-state index contributed by atoms with van der Waals surface area (Å²) in [4.78, 5) is 0. The van der Waals surface area contributed by atoms with Crippen LogP contribution in [0.4, 0.5) is 0 Å². The summed E-state index contributed by atoms with van der Waals surface area (Å²) in [5.41, 5.74) is 0. The van der Waals surface area contributed by atoms with Crippen LogP contribution in [-0.2, 0) is 19.7 Å². The summed E-state index contributed by atoms with van der Waals surface area (Å²) < 4.78 is 42.9. The number of hydrogen-bond acceptors (Lipinski definition) is 4. The van der Waals surface area contributed by atoms with Gasteiger partial charge in [0.15, 0.2) is 0 Å². The van der Waals surface area contributed by atoms with Crippen LogP contribution in [0.3, 0.4) is 0 Å². The molecule has 0 rings (SSSR count). The zero-order valence-corrected chi connectivity index (χ0v) is 14.8. The summed E-state index contributed by atoms with van der Waals surface area (Å²) >= 11 is 0. The maximum atomic E-state index is 10.9. The average molecular weight is 331 g/mol. The molecule has 0 aliphatic carbocycles. The van der Waals surface area contributed by atoms with E-state index >= 15 is 0 Å². The lowest BCUT2D eigenvalue weighted by Gasteiger charge is -2.02. The van der Waals surface area contributed by atoms with Gasteiger partial charge in [0.05, 0.1) is 11.5 Å². The number of rotatable bonds is 7. The number of hydrogen-bond donors (Lipinski definition) is 0. The third-order valence-corrected chi connectivity index (χ3v) is 5.23. The molecule has 20 heavy (non-hydrogen) atoms. The van der Waals surface area contributed by atoms with Crippen molar-refractivity contribution in [3.05, 3.63) is 0 Å². The lowest BCUT2D eigenvalue weighted by atomic mass is 10.2. The maximum Gasteiger partial charge on any atom is 0.150 e. The SMILES string of the molecule is C.CC(C)CCS(C)(=O)=O.CCS(=O)(=O)CCC(C)C. The van der Waals surface area contributed by atoms with Crippen molar-refractivity contribution in [2.24, 2.45) is 11.8 Å². The molecule has 0 radical (unpaired) electrons. The molecule has 0 N–H and O–H groups in total. The minimum absolute atomic E-state index is 0. The Morgan fingerprint density at radius 1 is 0.800 bits per heavy atom. The van der Waals surface area contributed by atoms with Gasteiger partial charge in [-0.25, -0.2) is 16.8 Å². The minimum atomic E-state index is -2.72. The molecule has 0 unspecified atom stereocenters. The van der Waals surface area contributed by atoms with Gasteiger partial charge in [-0.3, -0.25) is 0 Å². The van der Waals surface area contributed by atoms with E-state index in [4.69, 9.17) is 0 Å². The Labute approximate surface area is 127 Å². The smallest absolute Gasteiger partial charge is 0.150 e. The highest BCUT2D eigenvalue weighted by atomic mass is 32.2. The first-order valence-electron chi connectivity index (χ1n) is 6.77. The molecular formula is C14H34O4S2. The van der Waals surface area contributed by atoms with Gasteiger partial charge in [-0.1, -0.05) is 42.0 Å². The van der Waals surface area contributed by atoms with E-state index in [9.17, 15) is 16.8 Å². The Bertz CT molecular complexity index is 406.